The average molecular weight is 403 g/mol. The Balaban J connectivity index is 1.52. The van der Waals surface area contributed by atoms with Gasteiger partial charge in [0.15, 0.2) is 0 Å². The van der Waals surface area contributed by atoms with Crippen LogP contribution in [0.1, 0.15) is 17.3 Å². The number of para-hydroxylation sites is 2. The van der Waals surface area contributed by atoms with E-state index in [0.717, 1.165) is 23.6 Å². The van der Waals surface area contributed by atoms with E-state index in [4.69, 9.17) is 4.74 Å². The molecule has 8 heteroatoms. The summed E-state index contributed by atoms with van der Waals surface area (Å²) in [7, 11) is 0. The lowest BCUT2D eigenvalue weighted by Crippen LogP contribution is -2.51. The van der Waals surface area contributed by atoms with E-state index in [0.29, 0.717) is 38.9 Å². The van der Waals surface area contributed by atoms with Gasteiger partial charge in [0.2, 0.25) is 5.91 Å². The molecule has 3 rings (SSSR count). The number of hydrogen-bond donors (Lipinski definition) is 1. The van der Waals surface area contributed by atoms with E-state index in [1.807, 2.05) is 31.2 Å². The molecule has 1 saturated heterocycles. The number of piperazine rings is 1. The van der Waals surface area contributed by atoms with Gasteiger partial charge in [-0.05, 0) is 31.2 Å². The number of benzene rings is 2. The molecule has 0 aromatic heterocycles. The molecule has 0 bridgehead atoms. The van der Waals surface area contributed by atoms with Crippen molar-refractivity contribution in [2.24, 2.45) is 0 Å². The molecule has 0 aliphatic carbocycles. The van der Waals surface area contributed by atoms with E-state index < -0.39 is 17.5 Å². The molecule has 1 N–H and O–H groups in total. The Hall–Kier alpha value is -3.16. The molecule has 1 aliphatic rings. The number of carbonyl (C=O) groups is 2. The lowest BCUT2D eigenvalue weighted by atomic mass is 10.2. The summed E-state index contributed by atoms with van der Waals surface area (Å²) in [5.41, 5.74) is 0.693. The molecule has 1 heterocycles. The number of ether oxygens (including phenoxy) is 1. The summed E-state index contributed by atoms with van der Waals surface area (Å²) >= 11 is 0. The highest BCUT2D eigenvalue weighted by molar-refractivity contribution is 5.96. The molecule has 0 unspecified atom stereocenters. The quantitative estimate of drug-likeness (QED) is 0.805. The lowest BCUT2D eigenvalue weighted by Gasteiger charge is -2.36. The van der Waals surface area contributed by atoms with Crippen LogP contribution in [0.3, 0.4) is 0 Å². The van der Waals surface area contributed by atoms with Crippen LogP contribution in [0.5, 0.6) is 5.75 Å². The van der Waals surface area contributed by atoms with Gasteiger partial charge in [-0.3, -0.25) is 9.59 Å². The minimum Gasteiger partial charge on any atom is -0.492 e. The van der Waals surface area contributed by atoms with E-state index in [1.54, 1.807) is 4.90 Å². The highest BCUT2D eigenvalue weighted by Crippen LogP contribution is 2.28. The summed E-state index contributed by atoms with van der Waals surface area (Å²) in [6.45, 7) is 4.53. The molecule has 1 aliphatic heterocycles. The summed E-state index contributed by atoms with van der Waals surface area (Å²) in [4.78, 5) is 28.2. The summed E-state index contributed by atoms with van der Waals surface area (Å²) in [5.74, 6) is -1.92. The largest absolute Gasteiger partial charge is 0.492 e. The van der Waals surface area contributed by atoms with Crippen molar-refractivity contribution in [2.75, 3.05) is 44.2 Å². The third kappa shape index (κ3) is 5.01. The zero-order valence-electron chi connectivity index (χ0n) is 16.2. The molecule has 0 radical (unpaired) electrons. The van der Waals surface area contributed by atoms with E-state index in [1.165, 1.54) is 0 Å². The zero-order valence-corrected chi connectivity index (χ0v) is 16.2. The van der Waals surface area contributed by atoms with Gasteiger partial charge in [-0.1, -0.05) is 12.1 Å². The maximum absolute atomic E-state index is 13.7. The van der Waals surface area contributed by atoms with Crippen LogP contribution in [0.4, 0.5) is 14.5 Å². The molecule has 6 nitrogen and oxygen atoms in total. The highest BCUT2D eigenvalue weighted by Gasteiger charge is 2.23. The SMILES string of the molecule is CCOc1ccccc1N1CCN(C(=O)CNC(=O)c2ccc(F)cc2F)CC1. The molecule has 0 saturated carbocycles. The Labute approximate surface area is 168 Å². The van der Waals surface area contributed by atoms with E-state index in [9.17, 15) is 18.4 Å². The number of hydrogen-bond acceptors (Lipinski definition) is 4. The van der Waals surface area contributed by atoms with Gasteiger partial charge in [-0.2, -0.15) is 0 Å². The van der Waals surface area contributed by atoms with Crippen LogP contribution in [-0.4, -0.2) is 56.0 Å². The molecule has 2 aromatic carbocycles. The van der Waals surface area contributed by atoms with E-state index in [-0.39, 0.29) is 18.0 Å². The third-order valence-electron chi connectivity index (χ3n) is 4.71. The van der Waals surface area contributed by atoms with Crippen LogP contribution >= 0.6 is 0 Å². The van der Waals surface area contributed by atoms with Gasteiger partial charge in [-0.15, -0.1) is 0 Å². The van der Waals surface area contributed by atoms with Crippen LogP contribution in [0.25, 0.3) is 0 Å². The minimum atomic E-state index is -0.962. The smallest absolute Gasteiger partial charge is 0.254 e. The Bertz CT molecular complexity index is 883. The van der Waals surface area contributed by atoms with Crippen molar-refractivity contribution in [3.8, 4) is 5.75 Å². The molecule has 2 amide bonds. The number of nitrogens with one attached hydrogen (secondary N) is 1. The number of nitrogens with zero attached hydrogens (tertiary/aromatic N) is 2. The van der Waals surface area contributed by atoms with Gasteiger partial charge < -0.3 is 19.9 Å². The van der Waals surface area contributed by atoms with Gasteiger partial charge in [0, 0.05) is 32.2 Å². The van der Waals surface area contributed by atoms with Gasteiger partial charge in [0.1, 0.15) is 17.4 Å². The average Bonchev–Trinajstić information content (AvgIpc) is 2.72. The summed E-state index contributed by atoms with van der Waals surface area (Å²) < 4.78 is 32.3. The normalized spacial score (nSPS) is 13.9. The van der Waals surface area contributed by atoms with Crippen LogP contribution in [-0.2, 0) is 4.79 Å². The monoisotopic (exact) mass is 403 g/mol. The second-order valence-electron chi connectivity index (χ2n) is 6.58. The summed E-state index contributed by atoms with van der Waals surface area (Å²) in [6.07, 6.45) is 0. The molecule has 154 valence electrons. The van der Waals surface area contributed by atoms with E-state index in [2.05, 4.69) is 10.2 Å². The van der Waals surface area contributed by atoms with Crippen molar-refractivity contribution < 1.29 is 23.1 Å². The first-order valence-electron chi connectivity index (χ1n) is 9.47. The number of amides is 2. The second kappa shape index (κ2) is 9.36. The van der Waals surface area contributed by atoms with Crippen molar-refractivity contribution in [1.29, 1.82) is 0 Å². The first kappa shape index (κ1) is 20.6. The first-order valence-corrected chi connectivity index (χ1v) is 9.47. The molecule has 0 atom stereocenters. The highest BCUT2D eigenvalue weighted by atomic mass is 19.1. The number of anilines is 1. The topological polar surface area (TPSA) is 61.9 Å². The van der Waals surface area contributed by atoms with Crippen molar-refractivity contribution >= 4 is 17.5 Å². The van der Waals surface area contributed by atoms with E-state index >= 15 is 0 Å². The molecule has 0 spiro atoms. The number of rotatable bonds is 6. The predicted octanol–water partition coefficient (Wildman–Crippen LogP) is 2.44. The third-order valence-corrected chi connectivity index (χ3v) is 4.71. The maximum atomic E-state index is 13.7. The predicted molar refractivity (Wildman–Crippen MR) is 105 cm³/mol. The van der Waals surface area contributed by atoms with Gasteiger partial charge in [0.05, 0.1) is 24.4 Å². The Morgan fingerprint density at radius 3 is 2.48 bits per heavy atom. The first-order chi connectivity index (χ1) is 14.0. The van der Waals surface area contributed by atoms with Crippen molar-refractivity contribution in [3.63, 3.8) is 0 Å². The standard InChI is InChI=1S/C21H23F2N3O3/c1-2-29-19-6-4-3-5-18(19)25-9-11-26(12-10-25)20(27)14-24-21(28)16-8-7-15(22)13-17(16)23/h3-8,13H,2,9-12,14H2,1H3,(H,24,28). The molecule has 29 heavy (non-hydrogen) atoms. The van der Waals surface area contributed by atoms with Crippen molar-refractivity contribution in [2.45, 2.75) is 6.92 Å². The number of halogens is 2. The van der Waals surface area contributed by atoms with Gasteiger partial charge in [-0.25, -0.2) is 8.78 Å². The van der Waals surface area contributed by atoms with Gasteiger partial charge >= 0.3 is 0 Å². The van der Waals surface area contributed by atoms with Crippen LogP contribution < -0.4 is 15.0 Å². The fraction of sp³-hybridized carbons (Fsp3) is 0.333. The number of carbonyl (C=O) groups excluding carboxylic acids is 2. The molecular weight excluding hydrogens is 380 g/mol. The molecular formula is C21H23F2N3O3. The van der Waals surface area contributed by atoms with Crippen LogP contribution in [0, 0.1) is 11.6 Å². The lowest BCUT2D eigenvalue weighted by molar-refractivity contribution is -0.130. The zero-order chi connectivity index (χ0) is 20.8. The minimum absolute atomic E-state index is 0.245. The Kier molecular flexibility index (Phi) is 6.64. The Morgan fingerprint density at radius 1 is 1.07 bits per heavy atom. The molecule has 1 fully saturated rings. The Morgan fingerprint density at radius 2 is 1.79 bits per heavy atom. The maximum Gasteiger partial charge on any atom is 0.254 e. The fourth-order valence-corrected chi connectivity index (χ4v) is 3.23. The van der Waals surface area contributed by atoms with Crippen molar-refractivity contribution in [3.05, 3.63) is 59.7 Å². The van der Waals surface area contributed by atoms with Crippen LogP contribution in [0.15, 0.2) is 42.5 Å². The van der Waals surface area contributed by atoms with Gasteiger partial charge in [0.25, 0.3) is 5.91 Å². The second-order valence-corrected chi connectivity index (χ2v) is 6.58. The van der Waals surface area contributed by atoms with Crippen LogP contribution in [0.2, 0.25) is 0 Å². The summed E-state index contributed by atoms with van der Waals surface area (Å²) in [5, 5.41) is 2.40. The van der Waals surface area contributed by atoms with Crippen molar-refractivity contribution in [1.82, 2.24) is 10.2 Å². The summed E-state index contributed by atoms with van der Waals surface area (Å²) in [6, 6.07) is 10.5. The molecule has 2 aromatic rings. The fourth-order valence-electron chi connectivity index (χ4n) is 3.23.